The fourth-order valence-corrected chi connectivity index (χ4v) is 6.83. The largest absolute Gasteiger partial charge is 0.456 e. The summed E-state index contributed by atoms with van der Waals surface area (Å²) < 4.78 is 6.27. The van der Waals surface area contributed by atoms with Gasteiger partial charge in [-0.15, -0.1) is 0 Å². The number of furan rings is 1. The Morgan fingerprint density at radius 1 is 0.422 bits per heavy atom. The van der Waals surface area contributed by atoms with Crippen molar-refractivity contribution in [3.63, 3.8) is 0 Å². The first-order valence-electron chi connectivity index (χ1n) is 15.3. The van der Waals surface area contributed by atoms with E-state index in [1.165, 1.54) is 10.8 Å². The van der Waals surface area contributed by atoms with Crippen LogP contribution < -0.4 is 5.32 Å². The quantitative estimate of drug-likeness (QED) is 0.214. The molecule has 2 aromatic heterocycles. The van der Waals surface area contributed by atoms with Crippen molar-refractivity contribution in [2.24, 2.45) is 0 Å². The Morgan fingerprint density at radius 2 is 1.04 bits per heavy atom. The number of benzene rings is 7. The van der Waals surface area contributed by atoms with Gasteiger partial charge in [-0.3, -0.25) is 0 Å². The SMILES string of the molecule is c1ccc(-c2cccc(-c3cccc4c3[nH]c3ccccc34)c2Nc2ccccc2-c2cccc3oc4ccccc4c23)cc1. The van der Waals surface area contributed by atoms with Gasteiger partial charge in [0.25, 0.3) is 0 Å². The van der Waals surface area contributed by atoms with Crippen LogP contribution in [0, 0.1) is 0 Å². The van der Waals surface area contributed by atoms with Gasteiger partial charge >= 0.3 is 0 Å². The molecule has 0 radical (unpaired) electrons. The molecule has 0 aliphatic heterocycles. The predicted octanol–water partition coefficient (Wildman–Crippen LogP) is 12.0. The summed E-state index contributed by atoms with van der Waals surface area (Å²) in [6, 6.07) is 55.5. The summed E-state index contributed by atoms with van der Waals surface area (Å²) in [6.45, 7) is 0. The molecule has 0 aliphatic carbocycles. The minimum atomic E-state index is 0.888. The summed E-state index contributed by atoms with van der Waals surface area (Å²) >= 11 is 0. The molecule has 9 aromatic rings. The predicted molar refractivity (Wildman–Crippen MR) is 189 cm³/mol. The maximum Gasteiger partial charge on any atom is 0.136 e. The van der Waals surface area contributed by atoms with Gasteiger partial charge in [-0.2, -0.15) is 0 Å². The minimum absolute atomic E-state index is 0.888. The molecule has 3 nitrogen and oxygen atoms in total. The Kier molecular flexibility index (Phi) is 5.82. The molecule has 3 heteroatoms. The lowest BCUT2D eigenvalue weighted by Crippen LogP contribution is -1.99. The van der Waals surface area contributed by atoms with Crippen molar-refractivity contribution < 1.29 is 4.42 Å². The van der Waals surface area contributed by atoms with E-state index in [0.717, 1.165) is 77.7 Å². The molecule has 0 fully saturated rings. The van der Waals surface area contributed by atoms with Crippen molar-refractivity contribution in [2.75, 3.05) is 5.32 Å². The highest BCUT2D eigenvalue weighted by atomic mass is 16.3. The lowest BCUT2D eigenvalue weighted by atomic mass is 9.93. The Bertz CT molecular complexity index is 2520. The maximum atomic E-state index is 6.27. The van der Waals surface area contributed by atoms with Gasteiger partial charge in [0.2, 0.25) is 0 Å². The summed E-state index contributed by atoms with van der Waals surface area (Å²) in [4.78, 5) is 3.73. The van der Waals surface area contributed by atoms with E-state index in [4.69, 9.17) is 4.42 Å². The number of hydrogen-bond acceptors (Lipinski definition) is 2. The Hall–Kier alpha value is -6.06. The van der Waals surface area contributed by atoms with E-state index in [0.29, 0.717) is 0 Å². The van der Waals surface area contributed by atoms with Crippen LogP contribution in [0.4, 0.5) is 11.4 Å². The van der Waals surface area contributed by atoms with Gasteiger partial charge in [-0.05, 0) is 35.4 Å². The van der Waals surface area contributed by atoms with E-state index in [1.54, 1.807) is 0 Å². The zero-order chi connectivity index (χ0) is 29.7. The van der Waals surface area contributed by atoms with Gasteiger partial charge in [0, 0.05) is 55.0 Å². The Labute approximate surface area is 260 Å². The summed E-state index contributed by atoms with van der Waals surface area (Å²) in [5.74, 6) is 0. The number of nitrogens with one attached hydrogen (secondary N) is 2. The summed E-state index contributed by atoms with van der Waals surface area (Å²) in [5.41, 5.74) is 13.0. The molecular weight excluding hydrogens is 548 g/mol. The monoisotopic (exact) mass is 576 g/mol. The molecular formula is C42H28N2O. The highest BCUT2D eigenvalue weighted by Gasteiger charge is 2.19. The van der Waals surface area contributed by atoms with Crippen molar-refractivity contribution in [3.05, 3.63) is 158 Å². The minimum Gasteiger partial charge on any atom is -0.456 e. The molecule has 0 saturated heterocycles. The van der Waals surface area contributed by atoms with Crippen LogP contribution in [0.25, 0.3) is 77.1 Å². The number of hydrogen-bond donors (Lipinski definition) is 2. The number of fused-ring (bicyclic) bond motifs is 6. The summed E-state index contributed by atoms with van der Waals surface area (Å²) in [5, 5.41) is 8.66. The summed E-state index contributed by atoms with van der Waals surface area (Å²) in [6.07, 6.45) is 0. The van der Waals surface area contributed by atoms with Gasteiger partial charge in [0.05, 0.1) is 11.2 Å². The fourth-order valence-electron chi connectivity index (χ4n) is 6.83. The average molecular weight is 577 g/mol. The van der Waals surface area contributed by atoms with Crippen LogP contribution in [0.1, 0.15) is 0 Å². The van der Waals surface area contributed by atoms with Gasteiger partial charge in [-0.25, -0.2) is 0 Å². The maximum absolute atomic E-state index is 6.27. The Morgan fingerprint density at radius 3 is 1.98 bits per heavy atom. The van der Waals surface area contributed by atoms with Gasteiger partial charge in [0.1, 0.15) is 11.2 Å². The van der Waals surface area contributed by atoms with Crippen molar-refractivity contribution >= 4 is 55.1 Å². The number of aromatic nitrogens is 1. The molecule has 0 atom stereocenters. The normalized spacial score (nSPS) is 11.6. The first-order valence-corrected chi connectivity index (χ1v) is 15.3. The summed E-state index contributed by atoms with van der Waals surface area (Å²) in [7, 11) is 0. The first kappa shape index (κ1) is 25.4. The lowest BCUT2D eigenvalue weighted by Gasteiger charge is -2.20. The van der Waals surface area contributed by atoms with Gasteiger partial charge < -0.3 is 14.7 Å². The third-order valence-electron chi connectivity index (χ3n) is 8.86. The number of H-pyrrole nitrogens is 1. The Balaban J connectivity index is 1.29. The van der Waals surface area contributed by atoms with Gasteiger partial charge in [0.15, 0.2) is 0 Å². The smallest absolute Gasteiger partial charge is 0.136 e. The van der Waals surface area contributed by atoms with Crippen LogP contribution in [-0.4, -0.2) is 4.98 Å². The molecule has 212 valence electrons. The zero-order valence-electron chi connectivity index (χ0n) is 24.4. The third kappa shape index (κ3) is 4.13. The van der Waals surface area contributed by atoms with E-state index in [2.05, 4.69) is 156 Å². The van der Waals surface area contributed by atoms with E-state index < -0.39 is 0 Å². The topological polar surface area (TPSA) is 41.0 Å². The second-order valence-electron chi connectivity index (χ2n) is 11.4. The van der Waals surface area contributed by atoms with Crippen molar-refractivity contribution in [3.8, 4) is 33.4 Å². The van der Waals surface area contributed by atoms with E-state index in [1.807, 2.05) is 12.1 Å². The number of rotatable bonds is 5. The van der Waals surface area contributed by atoms with Crippen LogP contribution in [-0.2, 0) is 0 Å². The molecule has 0 bridgehead atoms. The average Bonchev–Trinajstić information content (AvgIpc) is 3.68. The van der Waals surface area contributed by atoms with E-state index in [9.17, 15) is 0 Å². The standard InChI is InChI=1S/C42H28N2O/c1-2-13-27(14-3-1)28-18-10-21-33(34-22-11-20-32-30-16-5-8-24-37(30)44-42(32)34)41(28)43-36-23-7-4-15-29(36)31-19-12-26-39-40(31)35-17-6-9-25-38(35)45-39/h1-26,43-44H. The molecule has 0 aliphatic rings. The molecule has 9 rings (SSSR count). The third-order valence-corrected chi connectivity index (χ3v) is 8.86. The number of para-hydroxylation sites is 5. The fraction of sp³-hybridized carbons (Fsp3) is 0. The van der Waals surface area contributed by atoms with E-state index >= 15 is 0 Å². The van der Waals surface area contributed by atoms with Crippen molar-refractivity contribution in [2.45, 2.75) is 0 Å². The van der Waals surface area contributed by atoms with Crippen LogP contribution in [0.5, 0.6) is 0 Å². The lowest BCUT2D eigenvalue weighted by molar-refractivity contribution is 0.669. The zero-order valence-corrected chi connectivity index (χ0v) is 24.4. The second kappa shape index (κ2) is 10.3. The highest BCUT2D eigenvalue weighted by Crippen LogP contribution is 2.45. The molecule has 0 saturated carbocycles. The molecule has 0 spiro atoms. The number of aromatic amines is 1. The highest BCUT2D eigenvalue weighted by molar-refractivity contribution is 6.15. The van der Waals surface area contributed by atoms with Crippen LogP contribution in [0.2, 0.25) is 0 Å². The van der Waals surface area contributed by atoms with Gasteiger partial charge in [-0.1, -0.05) is 133 Å². The molecule has 2 N–H and O–H groups in total. The van der Waals surface area contributed by atoms with Crippen molar-refractivity contribution in [1.29, 1.82) is 0 Å². The first-order chi connectivity index (χ1) is 22.3. The second-order valence-corrected chi connectivity index (χ2v) is 11.4. The van der Waals surface area contributed by atoms with Crippen LogP contribution >= 0.6 is 0 Å². The molecule has 7 aromatic carbocycles. The van der Waals surface area contributed by atoms with Crippen molar-refractivity contribution in [1.82, 2.24) is 4.98 Å². The molecule has 0 unspecified atom stereocenters. The van der Waals surface area contributed by atoms with E-state index in [-0.39, 0.29) is 0 Å². The molecule has 0 amide bonds. The molecule has 45 heavy (non-hydrogen) atoms. The van der Waals surface area contributed by atoms with Crippen LogP contribution in [0.3, 0.4) is 0 Å². The molecule has 2 heterocycles. The number of anilines is 2. The van der Waals surface area contributed by atoms with Crippen LogP contribution in [0.15, 0.2) is 162 Å².